The first-order valence-corrected chi connectivity index (χ1v) is 3.44. The van der Waals surface area contributed by atoms with Crippen LogP contribution >= 0.6 is 0 Å². The lowest BCUT2D eigenvalue weighted by molar-refractivity contribution is -0.137. The fourth-order valence-corrected chi connectivity index (χ4v) is 0.843. The first-order valence-electron chi connectivity index (χ1n) is 3.44. The summed E-state index contributed by atoms with van der Waals surface area (Å²) in [6.45, 7) is 0. The molecule has 68 valence electrons. The summed E-state index contributed by atoms with van der Waals surface area (Å²) in [7, 11) is 0. The van der Waals surface area contributed by atoms with Crippen LogP contribution in [0.5, 0.6) is 0 Å². The lowest BCUT2D eigenvalue weighted by atomic mass is 10.1. The molecule has 0 fully saturated rings. The van der Waals surface area contributed by atoms with E-state index in [2.05, 4.69) is 0 Å². The van der Waals surface area contributed by atoms with Crippen LogP contribution in [0.4, 0.5) is 13.2 Å². The van der Waals surface area contributed by atoms with Gasteiger partial charge in [-0.05, 0) is 23.8 Å². The molecule has 0 aliphatic carbocycles. The van der Waals surface area contributed by atoms with Gasteiger partial charge in [0.15, 0.2) is 0 Å². The van der Waals surface area contributed by atoms with E-state index >= 15 is 0 Å². The number of halogens is 3. The molecule has 0 bridgehead atoms. The third-order valence-corrected chi connectivity index (χ3v) is 1.47. The van der Waals surface area contributed by atoms with Crippen LogP contribution in [0.2, 0.25) is 0 Å². The molecule has 0 atom stereocenters. The Morgan fingerprint density at radius 3 is 2.08 bits per heavy atom. The van der Waals surface area contributed by atoms with E-state index in [9.17, 15) is 13.2 Å². The number of hydrogen-bond donors (Lipinski definition) is 0. The zero-order chi connectivity index (χ0) is 9.90. The highest BCUT2D eigenvalue weighted by Crippen LogP contribution is 2.29. The number of rotatable bonds is 1. The standard InChI is InChI=1S/C9H5F3N/c10-9(11,12)8-3-1-7(2-4-8)5-6-13/h1-5H/q-1. The molecule has 0 radical (unpaired) electrons. The maximum atomic E-state index is 12.0. The summed E-state index contributed by atoms with van der Waals surface area (Å²) in [5, 5.41) is 8.22. The van der Waals surface area contributed by atoms with Crippen molar-refractivity contribution >= 4 is 11.9 Å². The zero-order valence-corrected chi connectivity index (χ0v) is 6.47. The molecule has 1 aromatic carbocycles. The molecule has 4 heteroatoms. The molecule has 0 N–H and O–H groups in total. The molecule has 0 saturated heterocycles. The van der Waals surface area contributed by atoms with Crippen molar-refractivity contribution in [2.24, 2.45) is 0 Å². The van der Waals surface area contributed by atoms with E-state index in [1.807, 2.05) is 0 Å². The molecule has 0 aliphatic heterocycles. The van der Waals surface area contributed by atoms with Gasteiger partial charge in [-0.1, -0.05) is 12.1 Å². The Morgan fingerprint density at radius 2 is 1.69 bits per heavy atom. The first-order chi connectivity index (χ1) is 6.04. The highest BCUT2D eigenvalue weighted by atomic mass is 19.4. The number of nitrogens with zero attached hydrogens (tertiary/aromatic N) is 1. The van der Waals surface area contributed by atoms with Crippen molar-refractivity contribution in [1.29, 1.82) is 0 Å². The van der Waals surface area contributed by atoms with Crippen molar-refractivity contribution in [3.63, 3.8) is 0 Å². The Kier molecular flexibility index (Phi) is 2.54. The van der Waals surface area contributed by atoms with Gasteiger partial charge in [-0.15, -0.1) is 0 Å². The van der Waals surface area contributed by atoms with Crippen LogP contribution in [-0.4, -0.2) is 5.87 Å². The SMILES string of the molecule is [N-]=C=Cc1ccc(C(F)(F)F)cc1. The van der Waals surface area contributed by atoms with Gasteiger partial charge in [-0.2, -0.15) is 13.2 Å². The predicted octanol–water partition coefficient (Wildman–Crippen LogP) is 2.96. The minimum absolute atomic E-state index is 0.468. The first kappa shape index (κ1) is 9.55. The summed E-state index contributed by atoms with van der Waals surface area (Å²) in [5.41, 5.74) is -0.238. The van der Waals surface area contributed by atoms with E-state index in [0.29, 0.717) is 5.56 Å². The second kappa shape index (κ2) is 3.46. The molecule has 1 nitrogen and oxygen atoms in total. The van der Waals surface area contributed by atoms with Crippen LogP contribution in [0.1, 0.15) is 11.1 Å². The van der Waals surface area contributed by atoms with Crippen LogP contribution in [0.3, 0.4) is 0 Å². The maximum Gasteiger partial charge on any atom is 0.416 e. The average molecular weight is 184 g/mol. The molecular weight excluding hydrogens is 179 g/mol. The largest absolute Gasteiger partial charge is 0.763 e. The lowest BCUT2D eigenvalue weighted by Gasteiger charge is -2.05. The molecule has 1 aromatic rings. The van der Waals surface area contributed by atoms with Crippen molar-refractivity contribution in [1.82, 2.24) is 0 Å². The summed E-state index contributed by atoms with van der Waals surface area (Å²) < 4.78 is 36.1. The van der Waals surface area contributed by atoms with E-state index < -0.39 is 11.7 Å². The van der Waals surface area contributed by atoms with Gasteiger partial charge in [-0.3, -0.25) is 5.87 Å². The highest BCUT2D eigenvalue weighted by Gasteiger charge is 2.29. The second-order valence-electron chi connectivity index (χ2n) is 2.39. The van der Waals surface area contributed by atoms with E-state index in [0.717, 1.165) is 12.1 Å². The smallest absolute Gasteiger partial charge is 0.416 e. The molecule has 0 aromatic heterocycles. The van der Waals surface area contributed by atoms with E-state index in [1.54, 1.807) is 5.87 Å². The van der Waals surface area contributed by atoms with Crippen LogP contribution in [-0.2, 0) is 6.18 Å². The number of hydrogen-bond acceptors (Lipinski definition) is 0. The fraction of sp³-hybridized carbons (Fsp3) is 0.111. The van der Waals surface area contributed by atoms with Crippen LogP contribution in [0.25, 0.3) is 11.5 Å². The Bertz CT molecular complexity index is 331. The topological polar surface area (TPSA) is 22.3 Å². The molecule has 0 aliphatic rings. The van der Waals surface area contributed by atoms with Crippen molar-refractivity contribution < 1.29 is 13.2 Å². The molecule has 0 heterocycles. The van der Waals surface area contributed by atoms with Crippen molar-refractivity contribution in [3.8, 4) is 0 Å². The Balaban J connectivity index is 3.00. The third kappa shape index (κ3) is 2.46. The average Bonchev–Trinajstić information content (AvgIpc) is 2.04. The number of alkyl halides is 3. The van der Waals surface area contributed by atoms with Crippen LogP contribution in [0, 0.1) is 0 Å². The second-order valence-corrected chi connectivity index (χ2v) is 2.39. The minimum Gasteiger partial charge on any atom is -0.763 e. The summed E-state index contributed by atoms with van der Waals surface area (Å²) in [5.74, 6) is 1.74. The molecule has 0 unspecified atom stereocenters. The summed E-state index contributed by atoms with van der Waals surface area (Å²) in [6, 6.07) is 4.41. The Morgan fingerprint density at radius 1 is 1.15 bits per heavy atom. The summed E-state index contributed by atoms with van der Waals surface area (Å²) in [6.07, 6.45) is -3.13. The van der Waals surface area contributed by atoms with E-state index in [-0.39, 0.29) is 0 Å². The van der Waals surface area contributed by atoms with Gasteiger partial charge in [0.1, 0.15) is 0 Å². The normalized spacial score (nSPS) is 10.7. The van der Waals surface area contributed by atoms with Gasteiger partial charge in [0.05, 0.1) is 5.56 Å². The van der Waals surface area contributed by atoms with Gasteiger partial charge >= 0.3 is 6.18 Å². The van der Waals surface area contributed by atoms with E-state index in [4.69, 9.17) is 5.41 Å². The van der Waals surface area contributed by atoms with Crippen molar-refractivity contribution in [2.45, 2.75) is 6.18 Å². The van der Waals surface area contributed by atoms with Crippen LogP contribution < -0.4 is 0 Å². The van der Waals surface area contributed by atoms with Gasteiger partial charge in [-0.25, -0.2) is 0 Å². The van der Waals surface area contributed by atoms with Crippen molar-refractivity contribution in [2.75, 3.05) is 0 Å². The Labute approximate surface area is 73.0 Å². The zero-order valence-electron chi connectivity index (χ0n) is 6.47. The summed E-state index contributed by atoms with van der Waals surface area (Å²) in [4.78, 5) is 0. The molecule has 13 heavy (non-hydrogen) atoms. The van der Waals surface area contributed by atoms with Crippen molar-refractivity contribution in [3.05, 3.63) is 40.8 Å². The van der Waals surface area contributed by atoms with Gasteiger partial charge in [0.25, 0.3) is 0 Å². The van der Waals surface area contributed by atoms with Gasteiger partial charge < -0.3 is 5.41 Å². The highest BCUT2D eigenvalue weighted by molar-refractivity contribution is 5.79. The fourth-order valence-electron chi connectivity index (χ4n) is 0.843. The van der Waals surface area contributed by atoms with Gasteiger partial charge in [0.2, 0.25) is 0 Å². The summed E-state index contributed by atoms with van der Waals surface area (Å²) >= 11 is 0. The quantitative estimate of drug-likeness (QED) is 0.599. The molecule has 0 saturated carbocycles. The lowest BCUT2D eigenvalue weighted by Crippen LogP contribution is -2.03. The Hall–Kier alpha value is -1.54. The predicted molar refractivity (Wildman–Crippen MR) is 44.3 cm³/mol. The molecule has 0 amide bonds. The van der Waals surface area contributed by atoms with Gasteiger partial charge in [0, 0.05) is 0 Å². The minimum atomic E-state index is -4.31. The number of benzene rings is 1. The maximum absolute atomic E-state index is 12.0. The van der Waals surface area contributed by atoms with E-state index in [1.165, 1.54) is 18.2 Å². The van der Waals surface area contributed by atoms with Crippen LogP contribution in [0.15, 0.2) is 24.3 Å². The monoisotopic (exact) mass is 184 g/mol. The molecule has 1 rings (SSSR count). The molecule has 0 spiro atoms. The molecular formula is C9H5F3N-. The third-order valence-electron chi connectivity index (χ3n) is 1.47.